The predicted molar refractivity (Wildman–Crippen MR) is 74.0 cm³/mol. The summed E-state index contributed by atoms with van der Waals surface area (Å²) in [5, 5.41) is 0. The van der Waals surface area contributed by atoms with Gasteiger partial charge in [0.25, 0.3) is 0 Å². The Balaban J connectivity index is 2.21. The van der Waals surface area contributed by atoms with E-state index in [2.05, 4.69) is 39.0 Å². The summed E-state index contributed by atoms with van der Waals surface area (Å²) in [7, 11) is 0. The van der Waals surface area contributed by atoms with Crippen molar-refractivity contribution in [1.82, 2.24) is 0 Å². The minimum Gasteiger partial charge on any atom is -0.324 e. The number of benzene rings is 1. The smallest absolute Gasteiger partial charge is 0.0328 e. The van der Waals surface area contributed by atoms with Crippen molar-refractivity contribution in [3.05, 3.63) is 34.9 Å². The van der Waals surface area contributed by atoms with E-state index in [1.807, 2.05) is 0 Å². The van der Waals surface area contributed by atoms with Crippen LogP contribution in [0.1, 0.15) is 55.3 Å². The van der Waals surface area contributed by atoms with Gasteiger partial charge in [-0.1, -0.05) is 38.0 Å². The minimum atomic E-state index is 0.235. The Bertz CT molecular complexity index is 363. The second-order valence-corrected chi connectivity index (χ2v) is 5.86. The Morgan fingerprint density at radius 3 is 2.41 bits per heavy atom. The number of aryl methyl sites for hydroxylation is 2. The summed E-state index contributed by atoms with van der Waals surface area (Å²) in [6, 6.07) is 6.74. The van der Waals surface area contributed by atoms with Gasteiger partial charge in [-0.3, -0.25) is 0 Å². The summed E-state index contributed by atoms with van der Waals surface area (Å²) in [6.45, 7) is 6.74. The lowest BCUT2D eigenvalue weighted by molar-refractivity contribution is 0.247. The van der Waals surface area contributed by atoms with Crippen LogP contribution < -0.4 is 5.73 Å². The average Bonchev–Trinajstić information content (AvgIpc) is 2.28. The van der Waals surface area contributed by atoms with Crippen molar-refractivity contribution in [1.29, 1.82) is 0 Å². The van der Waals surface area contributed by atoms with Crippen molar-refractivity contribution in [3.63, 3.8) is 0 Å². The van der Waals surface area contributed by atoms with Gasteiger partial charge in [-0.15, -0.1) is 0 Å². The molecule has 3 unspecified atom stereocenters. The number of rotatable bonds is 2. The normalized spacial score (nSPS) is 26.8. The van der Waals surface area contributed by atoms with Crippen LogP contribution in [0.4, 0.5) is 0 Å². The molecule has 0 spiro atoms. The van der Waals surface area contributed by atoms with Crippen LogP contribution in [0, 0.1) is 25.7 Å². The molecule has 0 aromatic heterocycles. The monoisotopic (exact) mass is 231 g/mol. The van der Waals surface area contributed by atoms with Gasteiger partial charge < -0.3 is 5.73 Å². The van der Waals surface area contributed by atoms with E-state index >= 15 is 0 Å². The van der Waals surface area contributed by atoms with Crippen LogP contribution in [0.15, 0.2) is 18.2 Å². The summed E-state index contributed by atoms with van der Waals surface area (Å²) in [4.78, 5) is 0. The van der Waals surface area contributed by atoms with Crippen molar-refractivity contribution in [2.24, 2.45) is 17.6 Å². The summed E-state index contributed by atoms with van der Waals surface area (Å²) in [5.74, 6) is 1.53. The third kappa shape index (κ3) is 2.71. The number of nitrogens with two attached hydrogens (primary N) is 1. The van der Waals surface area contributed by atoms with Gasteiger partial charge in [-0.05, 0) is 55.2 Å². The molecule has 0 amide bonds. The Kier molecular flexibility index (Phi) is 3.88. The van der Waals surface area contributed by atoms with E-state index in [-0.39, 0.29) is 6.04 Å². The topological polar surface area (TPSA) is 26.0 Å². The SMILES string of the molecule is Cc1cccc(C)c1C(N)C1CCCC(C)C1. The van der Waals surface area contributed by atoms with Gasteiger partial charge in [0.1, 0.15) is 0 Å². The number of hydrogen-bond acceptors (Lipinski definition) is 1. The van der Waals surface area contributed by atoms with E-state index in [0.717, 1.165) is 5.92 Å². The van der Waals surface area contributed by atoms with Gasteiger partial charge in [0.05, 0.1) is 0 Å². The molecule has 1 aromatic rings. The van der Waals surface area contributed by atoms with Crippen molar-refractivity contribution in [2.45, 2.75) is 52.5 Å². The zero-order valence-corrected chi connectivity index (χ0v) is 11.4. The average molecular weight is 231 g/mol. The predicted octanol–water partition coefficient (Wildman–Crippen LogP) is 4.13. The molecule has 1 aliphatic rings. The highest BCUT2D eigenvalue weighted by Gasteiger charge is 2.26. The molecule has 3 atom stereocenters. The molecule has 0 heterocycles. The molecule has 2 N–H and O–H groups in total. The molecule has 0 radical (unpaired) electrons. The lowest BCUT2D eigenvalue weighted by Gasteiger charge is -2.32. The maximum Gasteiger partial charge on any atom is 0.0328 e. The van der Waals surface area contributed by atoms with Crippen LogP contribution in [0.3, 0.4) is 0 Å². The molecule has 1 nitrogen and oxygen atoms in total. The van der Waals surface area contributed by atoms with Gasteiger partial charge >= 0.3 is 0 Å². The molecular formula is C16H25N. The van der Waals surface area contributed by atoms with E-state index in [4.69, 9.17) is 5.73 Å². The Morgan fingerprint density at radius 2 is 1.82 bits per heavy atom. The molecule has 1 aliphatic carbocycles. The zero-order valence-electron chi connectivity index (χ0n) is 11.4. The third-order valence-electron chi connectivity index (χ3n) is 4.36. The van der Waals surface area contributed by atoms with Crippen LogP contribution in [0.5, 0.6) is 0 Å². The second-order valence-electron chi connectivity index (χ2n) is 5.86. The standard InChI is InChI=1S/C16H25N/c1-11-6-4-9-14(10-11)16(17)15-12(2)7-5-8-13(15)3/h5,7-8,11,14,16H,4,6,9-10,17H2,1-3H3. The molecule has 0 saturated heterocycles. The van der Waals surface area contributed by atoms with E-state index in [1.165, 1.54) is 42.4 Å². The highest BCUT2D eigenvalue weighted by molar-refractivity contribution is 5.36. The summed E-state index contributed by atoms with van der Waals surface area (Å²) >= 11 is 0. The summed E-state index contributed by atoms with van der Waals surface area (Å²) in [6.07, 6.45) is 5.34. The highest BCUT2D eigenvalue weighted by atomic mass is 14.7. The van der Waals surface area contributed by atoms with Gasteiger partial charge in [-0.25, -0.2) is 0 Å². The highest BCUT2D eigenvalue weighted by Crippen LogP contribution is 2.37. The fourth-order valence-electron chi connectivity index (χ4n) is 3.40. The van der Waals surface area contributed by atoms with E-state index in [9.17, 15) is 0 Å². The molecule has 0 bridgehead atoms. The fourth-order valence-corrected chi connectivity index (χ4v) is 3.40. The van der Waals surface area contributed by atoms with Crippen LogP contribution in [-0.4, -0.2) is 0 Å². The Morgan fingerprint density at radius 1 is 1.18 bits per heavy atom. The first-order valence-electron chi connectivity index (χ1n) is 6.91. The van der Waals surface area contributed by atoms with Crippen molar-refractivity contribution >= 4 is 0 Å². The van der Waals surface area contributed by atoms with Crippen LogP contribution in [0.25, 0.3) is 0 Å². The molecule has 1 saturated carbocycles. The van der Waals surface area contributed by atoms with E-state index < -0.39 is 0 Å². The van der Waals surface area contributed by atoms with E-state index in [1.54, 1.807) is 0 Å². The van der Waals surface area contributed by atoms with Gasteiger partial charge in [0.15, 0.2) is 0 Å². The first kappa shape index (κ1) is 12.6. The third-order valence-corrected chi connectivity index (χ3v) is 4.36. The molecule has 1 fully saturated rings. The zero-order chi connectivity index (χ0) is 12.4. The van der Waals surface area contributed by atoms with Crippen LogP contribution in [-0.2, 0) is 0 Å². The molecule has 17 heavy (non-hydrogen) atoms. The lowest BCUT2D eigenvalue weighted by atomic mass is 9.75. The minimum absolute atomic E-state index is 0.235. The molecule has 94 valence electrons. The first-order chi connectivity index (χ1) is 8.09. The van der Waals surface area contributed by atoms with Crippen molar-refractivity contribution < 1.29 is 0 Å². The van der Waals surface area contributed by atoms with Crippen molar-refractivity contribution in [2.75, 3.05) is 0 Å². The first-order valence-corrected chi connectivity index (χ1v) is 6.91. The summed E-state index contributed by atoms with van der Waals surface area (Å²) in [5.41, 5.74) is 10.6. The fraction of sp³-hybridized carbons (Fsp3) is 0.625. The van der Waals surface area contributed by atoms with Gasteiger partial charge in [-0.2, -0.15) is 0 Å². The second kappa shape index (κ2) is 5.22. The molecular weight excluding hydrogens is 206 g/mol. The van der Waals surface area contributed by atoms with Gasteiger partial charge in [0.2, 0.25) is 0 Å². The maximum absolute atomic E-state index is 6.53. The van der Waals surface area contributed by atoms with Gasteiger partial charge in [0, 0.05) is 6.04 Å². The number of hydrogen-bond donors (Lipinski definition) is 1. The van der Waals surface area contributed by atoms with Crippen LogP contribution >= 0.6 is 0 Å². The maximum atomic E-state index is 6.53. The largest absolute Gasteiger partial charge is 0.324 e. The quantitative estimate of drug-likeness (QED) is 0.813. The lowest BCUT2D eigenvalue weighted by Crippen LogP contribution is -2.27. The summed E-state index contributed by atoms with van der Waals surface area (Å²) < 4.78 is 0. The molecule has 0 aliphatic heterocycles. The Labute approximate surface area is 105 Å². The van der Waals surface area contributed by atoms with Crippen molar-refractivity contribution in [3.8, 4) is 0 Å². The molecule has 1 heteroatoms. The molecule has 2 rings (SSSR count). The molecule has 1 aromatic carbocycles. The Hall–Kier alpha value is -0.820. The van der Waals surface area contributed by atoms with Crippen LogP contribution in [0.2, 0.25) is 0 Å². The van der Waals surface area contributed by atoms with E-state index in [0.29, 0.717) is 5.92 Å².